The van der Waals surface area contributed by atoms with E-state index in [4.69, 9.17) is 0 Å². The zero-order valence-corrected chi connectivity index (χ0v) is 11.4. The molecule has 2 heterocycles. The van der Waals surface area contributed by atoms with Gasteiger partial charge in [0.25, 0.3) is 0 Å². The Morgan fingerprint density at radius 2 is 2.42 bits per heavy atom. The van der Waals surface area contributed by atoms with Gasteiger partial charge in [-0.1, -0.05) is 6.07 Å². The molecule has 19 heavy (non-hydrogen) atoms. The van der Waals surface area contributed by atoms with Crippen molar-refractivity contribution in [1.82, 2.24) is 19.7 Å². The Bertz CT molecular complexity index is 519. The number of rotatable bonds is 6. The van der Waals surface area contributed by atoms with Crippen molar-refractivity contribution in [3.8, 4) is 0 Å². The smallest absolute Gasteiger partial charge is 0.225 e. The Hall–Kier alpha value is -1.69. The Kier molecular flexibility index (Phi) is 3.59. The van der Waals surface area contributed by atoms with Gasteiger partial charge in [-0.25, -0.2) is 4.98 Å². The molecule has 0 unspecified atom stereocenters. The van der Waals surface area contributed by atoms with Crippen LogP contribution in [0.15, 0.2) is 30.2 Å². The molecule has 1 fully saturated rings. The summed E-state index contributed by atoms with van der Waals surface area (Å²) in [6, 6.07) is 4.57. The Labute approximate surface area is 115 Å². The van der Waals surface area contributed by atoms with E-state index in [-0.39, 0.29) is 5.91 Å². The van der Waals surface area contributed by atoms with Crippen molar-refractivity contribution in [3.63, 3.8) is 0 Å². The summed E-state index contributed by atoms with van der Waals surface area (Å²) in [5.41, 5.74) is 0. The van der Waals surface area contributed by atoms with Crippen LogP contribution in [0.4, 0.5) is 0 Å². The maximum Gasteiger partial charge on any atom is 0.225 e. The number of aromatic nitrogens is 3. The van der Waals surface area contributed by atoms with E-state index >= 15 is 0 Å². The molecule has 2 aromatic heterocycles. The number of hydrogen-bond donors (Lipinski definition) is 0. The largest absolute Gasteiger partial charge is 0.335 e. The van der Waals surface area contributed by atoms with E-state index in [1.807, 2.05) is 11.0 Å². The highest BCUT2D eigenvalue weighted by atomic mass is 32.1. The molecule has 0 saturated heterocycles. The highest BCUT2D eigenvalue weighted by Gasteiger charge is 2.32. The molecular formula is C13H16N4OS. The first-order chi connectivity index (χ1) is 9.33. The predicted molar refractivity (Wildman–Crippen MR) is 72.5 cm³/mol. The number of nitrogens with zero attached hydrogens (tertiary/aromatic N) is 4. The minimum absolute atomic E-state index is 0.214. The zero-order chi connectivity index (χ0) is 13.1. The van der Waals surface area contributed by atoms with Crippen LogP contribution < -0.4 is 0 Å². The van der Waals surface area contributed by atoms with E-state index in [1.54, 1.807) is 22.3 Å². The molecule has 6 heteroatoms. The molecule has 5 nitrogen and oxygen atoms in total. The second-order valence-corrected chi connectivity index (χ2v) is 5.77. The SMILES string of the molecule is O=C(CCn1cncn1)N(Cc1cccs1)C1CC1. The van der Waals surface area contributed by atoms with Crippen LogP contribution in [-0.4, -0.2) is 31.6 Å². The summed E-state index contributed by atoms with van der Waals surface area (Å²) in [7, 11) is 0. The van der Waals surface area contributed by atoms with Gasteiger partial charge in [0.15, 0.2) is 0 Å². The maximum atomic E-state index is 12.3. The lowest BCUT2D eigenvalue weighted by molar-refractivity contribution is -0.132. The molecule has 0 aliphatic heterocycles. The lowest BCUT2D eigenvalue weighted by Crippen LogP contribution is -2.32. The normalized spacial score (nSPS) is 14.5. The van der Waals surface area contributed by atoms with Gasteiger partial charge in [0.2, 0.25) is 5.91 Å². The van der Waals surface area contributed by atoms with Gasteiger partial charge in [-0.15, -0.1) is 11.3 Å². The van der Waals surface area contributed by atoms with Crippen LogP contribution in [0.3, 0.4) is 0 Å². The third kappa shape index (κ3) is 3.20. The van der Waals surface area contributed by atoms with Crippen molar-refractivity contribution in [2.45, 2.75) is 38.4 Å². The summed E-state index contributed by atoms with van der Waals surface area (Å²) in [6.45, 7) is 1.35. The third-order valence-electron chi connectivity index (χ3n) is 3.24. The van der Waals surface area contributed by atoms with E-state index in [1.165, 1.54) is 11.2 Å². The van der Waals surface area contributed by atoms with Crippen molar-refractivity contribution in [2.75, 3.05) is 0 Å². The molecule has 0 atom stereocenters. The van der Waals surface area contributed by atoms with Crippen LogP contribution in [0, 0.1) is 0 Å². The number of carbonyl (C=O) groups is 1. The number of aryl methyl sites for hydroxylation is 1. The lowest BCUT2D eigenvalue weighted by Gasteiger charge is -2.21. The molecule has 1 aliphatic rings. The van der Waals surface area contributed by atoms with Gasteiger partial charge in [-0.2, -0.15) is 5.10 Å². The summed E-state index contributed by atoms with van der Waals surface area (Å²) in [5.74, 6) is 0.214. The molecule has 1 saturated carbocycles. The van der Waals surface area contributed by atoms with Gasteiger partial charge in [-0.05, 0) is 24.3 Å². The minimum Gasteiger partial charge on any atom is -0.335 e. The van der Waals surface area contributed by atoms with Gasteiger partial charge in [-0.3, -0.25) is 9.48 Å². The minimum atomic E-state index is 0.214. The first kappa shape index (κ1) is 12.3. The number of thiophene rings is 1. The fraction of sp³-hybridized carbons (Fsp3) is 0.462. The molecule has 0 spiro atoms. The highest BCUT2D eigenvalue weighted by Crippen LogP contribution is 2.29. The van der Waals surface area contributed by atoms with Crippen LogP contribution >= 0.6 is 11.3 Å². The number of carbonyl (C=O) groups excluding carboxylic acids is 1. The second kappa shape index (κ2) is 5.52. The van der Waals surface area contributed by atoms with Crippen LogP contribution in [-0.2, 0) is 17.9 Å². The van der Waals surface area contributed by atoms with Crippen molar-refractivity contribution >= 4 is 17.2 Å². The monoisotopic (exact) mass is 276 g/mol. The quantitative estimate of drug-likeness (QED) is 0.810. The number of hydrogen-bond acceptors (Lipinski definition) is 4. The molecule has 0 bridgehead atoms. The summed E-state index contributed by atoms with van der Waals surface area (Å²) in [5, 5.41) is 6.08. The summed E-state index contributed by atoms with van der Waals surface area (Å²) in [4.78, 5) is 19.5. The summed E-state index contributed by atoms with van der Waals surface area (Å²) >= 11 is 1.71. The van der Waals surface area contributed by atoms with E-state index in [2.05, 4.69) is 21.5 Å². The second-order valence-electron chi connectivity index (χ2n) is 4.74. The fourth-order valence-electron chi connectivity index (χ4n) is 2.08. The Morgan fingerprint density at radius 3 is 3.05 bits per heavy atom. The molecule has 1 amide bonds. The highest BCUT2D eigenvalue weighted by molar-refractivity contribution is 7.09. The summed E-state index contributed by atoms with van der Waals surface area (Å²) < 4.78 is 1.70. The van der Waals surface area contributed by atoms with Gasteiger partial charge < -0.3 is 4.90 Å². The molecule has 0 N–H and O–H groups in total. The average molecular weight is 276 g/mol. The van der Waals surface area contributed by atoms with Gasteiger partial charge in [0.05, 0.1) is 13.1 Å². The zero-order valence-electron chi connectivity index (χ0n) is 10.6. The van der Waals surface area contributed by atoms with Crippen molar-refractivity contribution in [1.29, 1.82) is 0 Å². The van der Waals surface area contributed by atoms with E-state index < -0.39 is 0 Å². The Balaban J connectivity index is 1.58. The van der Waals surface area contributed by atoms with Gasteiger partial charge >= 0.3 is 0 Å². The summed E-state index contributed by atoms with van der Waals surface area (Å²) in [6.07, 6.45) is 5.91. The van der Waals surface area contributed by atoms with Crippen LogP contribution in [0.5, 0.6) is 0 Å². The maximum absolute atomic E-state index is 12.3. The molecule has 0 radical (unpaired) electrons. The predicted octanol–water partition coefficient (Wildman–Crippen LogP) is 1.92. The van der Waals surface area contributed by atoms with E-state index in [0.29, 0.717) is 19.0 Å². The molecule has 3 rings (SSSR count). The average Bonchev–Trinajstić information content (AvgIpc) is 2.94. The van der Waals surface area contributed by atoms with Gasteiger partial charge in [0.1, 0.15) is 12.7 Å². The first-order valence-electron chi connectivity index (χ1n) is 6.47. The first-order valence-corrected chi connectivity index (χ1v) is 7.35. The molecular weight excluding hydrogens is 260 g/mol. The van der Waals surface area contributed by atoms with Crippen LogP contribution in [0.1, 0.15) is 24.1 Å². The van der Waals surface area contributed by atoms with Crippen LogP contribution in [0.2, 0.25) is 0 Å². The molecule has 1 aliphatic carbocycles. The molecule has 0 aromatic carbocycles. The Morgan fingerprint density at radius 1 is 1.53 bits per heavy atom. The molecule has 2 aromatic rings. The van der Waals surface area contributed by atoms with E-state index in [0.717, 1.165) is 19.4 Å². The topological polar surface area (TPSA) is 51.0 Å². The van der Waals surface area contributed by atoms with Gasteiger partial charge in [0, 0.05) is 17.3 Å². The lowest BCUT2D eigenvalue weighted by atomic mass is 10.3. The fourth-order valence-corrected chi connectivity index (χ4v) is 2.78. The number of amides is 1. The third-order valence-corrected chi connectivity index (χ3v) is 4.10. The standard InChI is InChI=1S/C13H16N4OS/c18-13(5-6-16-10-14-9-15-16)17(11-3-4-11)8-12-2-1-7-19-12/h1-2,7,9-11H,3-6,8H2. The molecule has 100 valence electrons. The van der Waals surface area contributed by atoms with Crippen LogP contribution in [0.25, 0.3) is 0 Å². The van der Waals surface area contributed by atoms with Crippen molar-refractivity contribution in [3.05, 3.63) is 35.0 Å². The van der Waals surface area contributed by atoms with Crippen molar-refractivity contribution < 1.29 is 4.79 Å². The van der Waals surface area contributed by atoms with Crippen molar-refractivity contribution in [2.24, 2.45) is 0 Å². The van der Waals surface area contributed by atoms with E-state index in [9.17, 15) is 4.79 Å².